The summed E-state index contributed by atoms with van der Waals surface area (Å²) in [6, 6.07) is 6.02. The zero-order chi connectivity index (χ0) is 13.7. The molecule has 0 spiro atoms. The number of nitrogens with one attached hydrogen (secondary N) is 1. The van der Waals surface area contributed by atoms with E-state index in [2.05, 4.69) is 5.32 Å². The molecule has 0 saturated heterocycles. The Labute approximate surface area is 105 Å². The van der Waals surface area contributed by atoms with Gasteiger partial charge < -0.3 is 10.4 Å². The first-order chi connectivity index (χ1) is 8.49. The summed E-state index contributed by atoms with van der Waals surface area (Å²) in [6.45, 7) is 3.67. The molecule has 0 saturated carbocycles. The first-order valence-corrected chi connectivity index (χ1v) is 5.55. The van der Waals surface area contributed by atoms with Gasteiger partial charge in [0.25, 0.3) is 5.69 Å². The second-order valence-corrected chi connectivity index (χ2v) is 4.19. The molecule has 0 bridgehead atoms. The van der Waals surface area contributed by atoms with E-state index in [0.717, 1.165) is 0 Å². The van der Waals surface area contributed by atoms with E-state index >= 15 is 0 Å². The molecule has 0 aromatic heterocycles. The molecule has 2 atom stereocenters. The number of nitro benzene ring substituents is 1. The van der Waals surface area contributed by atoms with E-state index in [4.69, 9.17) is 10.4 Å². The molecule has 18 heavy (non-hydrogen) atoms. The Bertz CT molecular complexity index is 482. The number of nitro groups is 1. The topological polar surface area (TPSA) is 99.2 Å². The minimum Gasteiger partial charge on any atom is -0.396 e. The number of aliphatic hydroxyl groups is 1. The molecular formula is C12H15N3O3. The van der Waals surface area contributed by atoms with Crippen molar-refractivity contribution in [1.29, 1.82) is 5.26 Å². The average molecular weight is 249 g/mol. The van der Waals surface area contributed by atoms with Crippen molar-refractivity contribution in [3.05, 3.63) is 33.9 Å². The van der Waals surface area contributed by atoms with Crippen LogP contribution in [0.5, 0.6) is 0 Å². The summed E-state index contributed by atoms with van der Waals surface area (Å²) < 4.78 is 0. The largest absolute Gasteiger partial charge is 0.396 e. The van der Waals surface area contributed by atoms with Gasteiger partial charge in [-0.15, -0.1) is 0 Å². The van der Waals surface area contributed by atoms with Gasteiger partial charge in [0.05, 0.1) is 16.6 Å². The van der Waals surface area contributed by atoms with Crippen molar-refractivity contribution >= 4 is 11.4 Å². The van der Waals surface area contributed by atoms with Gasteiger partial charge in [-0.2, -0.15) is 5.26 Å². The van der Waals surface area contributed by atoms with Crippen LogP contribution in [0.4, 0.5) is 11.4 Å². The molecule has 1 rings (SSSR count). The summed E-state index contributed by atoms with van der Waals surface area (Å²) in [4.78, 5) is 10.4. The van der Waals surface area contributed by atoms with Crippen LogP contribution in [0, 0.1) is 27.4 Å². The fourth-order valence-electron chi connectivity index (χ4n) is 1.42. The molecule has 1 aromatic carbocycles. The predicted octanol–water partition coefficient (Wildman–Crippen LogP) is 1.90. The quantitative estimate of drug-likeness (QED) is 0.613. The zero-order valence-corrected chi connectivity index (χ0v) is 10.3. The summed E-state index contributed by atoms with van der Waals surface area (Å²) in [5.41, 5.74) is 0.466. The molecule has 2 unspecified atom stereocenters. The van der Waals surface area contributed by atoms with E-state index in [9.17, 15) is 10.1 Å². The summed E-state index contributed by atoms with van der Waals surface area (Å²) >= 11 is 0. The summed E-state index contributed by atoms with van der Waals surface area (Å²) in [5, 5.41) is 31.6. The fraction of sp³-hybridized carbons (Fsp3) is 0.417. The molecular weight excluding hydrogens is 234 g/mol. The van der Waals surface area contributed by atoms with Gasteiger partial charge in [-0.25, -0.2) is 0 Å². The lowest BCUT2D eigenvalue weighted by Gasteiger charge is -2.20. The van der Waals surface area contributed by atoms with Crippen molar-refractivity contribution in [1.82, 2.24) is 0 Å². The van der Waals surface area contributed by atoms with Gasteiger partial charge in [0.1, 0.15) is 5.69 Å². The predicted molar refractivity (Wildman–Crippen MR) is 67.1 cm³/mol. The Morgan fingerprint density at radius 2 is 2.22 bits per heavy atom. The molecule has 1 aromatic rings. The van der Waals surface area contributed by atoms with Gasteiger partial charge in [-0.1, -0.05) is 6.92 Å². The van der Waals surface area contributed by atoms with Crippen LogP contribution in [0.1, 0.15) is 19.4 Å². The van der Waals surface area contributed by atoms with Crippen LogP contribution in [0.3, 0.4) is 0 Å². The zero-order valence-electron chi connectivity index (χ0n) is 10.3. The van der Waals surface area contributed by atoms with Crippen LogP contribution in [0.25, 0.3) is 0 Å². The van der Waals surface area contributed by atoms with Gasteiger partial charge in [0, 0.05) is 18.7 Å². The maximum atomic E-state index is 10.9. The van der Waals surface area contributed by atoms with Gasteiger partial charge in [-0.05, 0) is 25.0 Å². The maximum Gasteiger partial charge on any atom is 0.293 e. The number of nitriles is 1. The van der Waals surface area contributed by atoms with Crippen LogP contribution < -0.4 is 5.32 Å². The van der Waals surface area contributed by atoms with Crippen molar-refractivity contribution < 1.29 is 10.0 Å². The fourth-order valence-corrected chi connectivity index (χ4v) is 1.42. The van der Waals surface area contributed by atoms with Crippen LogP contribution in [0.2, 0.25) is 0 Å². The van der Waals surface area contributed by atoms with Crippen molar-refractivity contribution in [2.24, 2.45) is 5.92 Å². The third-order valence-corrected chi connectivity index (χ3v) is 2.85. The van der Waals surface area contributed by atoms with E-state index in [0.29, 0.717) is 5.69 Å². The third-order valence-electron chi connectivity index (χ3n) is 2.85. The molecule has 6 nitrogen and oxygen atoms in total. The van der Waals surface area contributed by atoms with Crippen molar-refractivity contribution in [3.8, 4) is 6.07 Å². The van der Waals surface area contributed by atoms with Crippen LogP contribution in [0.15, 0.2) is 18.2 Å². The molecule has 0 aliphatic carbocycles. The highest BCUT2D eigenvalue weighted by Crippen LogP contribution is 2.26. The van der Waals surface area contributed by atoms with Gasteiger partial charge in [-0.3, -0.25) is 10.1 Å². The number of benzene rings is 1. The van der Waals surface area contributed by atoms with Gasteiger partial charge in [0.15, 0.2) is 0 Å². The Morgan fingerprint density at radius 1 is 1.56 bits per heavy atom. The highest BCUT2D eigenvalue weighted by Gasteiger charge is 2.18. The highest BCUT2D eigenvalue weighted by molar-refractivity contribution is 5.64. The van der Waals surface area contributed by atoms with Crippen LogP contribution >= 0.6 is 0 Å². The van der Waals surface area contributed by atoms with E-state index in [1.807, 2.05) is 19.9 Å². The van der Waals surface area contributed by atoms with E-state index in [-0.39, 0.29) is 29.8 Å². The van der Waals surface area contributed by atoms with Crippen molar-refractivity contribution in [3.63, 3.8) is 0 Å². The lowest BCUT2D eigenvalue weighted by atomic mass is 10.0. The summed E-state index contributed by atoms with van der Waals surface area (Å²) in [5.74, 6) is -0.0275. The molecule has 96 valence electrons. The Balaban J connectivity index is 3.02. The second-order valence-electron chi connectivity index (χ2n) is 4.19. The second kappa shape index (κ2) is 5.98. The molecule has 0 aliphatic rings. The monoisotopic (exact) mass is 249 g/mol. The molecule has 0 aliphatic heterocycles. The van der Waals surface area contributed by atoms with Crippen LogP contribution in [-0.4, -0.2) is 22.7 Å². The minimum atomic E-state index is -0.528. The normalized spacial score (nSPS) is 13.4. The third kappa shape index (κ3) is 3.18. The maximum absolute atomic E-state index is 10.9. The molecule has 2 N–H and O–H groups in total. The van der Waals surface area contributed by atoms with Crippen molar-refractivity contribution in [2.45, 2.75) is 19.9 Å². The lowest BCUT2D eigenvalue weighted by molar-refractivity contribution is -0.384. The van der Waals surface area contributed by atoms with E-state index in [1.165, 1.54) is 18.2 Å². The minimum absolute atomic E-state index is 0.00174. The number of aliphatic hydroxyl groups excluding tert-OH is 1. The van der Waals surface area contributed by atoms with E-state index in [1.54, 1.807) is 0 Å². The number of nitrogens with zero attached hydrogens (tertiary/aromatic N) is 2. The standard InChI is InChI=1S/C12H15N3O3/c1-8(7-16)9(2)14-11-4-3-10(6-13)5-12(11)15(17)18/h3-5,8-9,14,16H,7H2,1-2H3. The molecule has 0 radical (unpaired) electrons. The number of hydrogen-bond donors (Lipinski definition) is 2. The van der Waals surface area contributed by atoms with Gasteiger partial charge in [0.2, 0.25) is 0 Å². The number of hydrogen-bond acceptors (Lipinski definition) is 5. The van der Waals surface area contributed by atoms with Crippen LogP contribution in [-0.2, 0) is 0 Å². The first-order valence-electron chi connectivity index (χ1n) is 5.55. The highest BCUT2D eigenvalue weighted by atomic mass is 16.6. The molecule has 0 fully saturated rings. The Hall–Kier alpha value is -2.13. The lowest BCUT2D eigenvalue weighted by Crippen LogP contribution is -2.26. The molecule has 0 heterocycles. The first kappa shape index (κ1) is 13.9. The number of anilines is 1. The Morgan fingerprint density at radius 3 is 2.72 bits per heavy atom. The van der Waals surface area contributed by atoms with E-state index < -0.39 is 4.92 Å². The molecule has 6 heteroatoms. The van der Waals surface area contributed by atoms with Crippen molar-refractivity contribution in [2.75, 3.05) is 11.9 Å². The average Bonchev–Trinajstić information content (AvgIpc) is 2.37. The Kier molecular flexibility index (Phi) is 4.63. The molecule has 0 amide bonds. The smallest absolute Gasteiger partial charge is 0.293 e. The summed E-state index contributed by atoms with van der Waals surface area (Å²) in [7, 11) is 0. The number of rotatable bonds is 5. The summed E-state index contributed by atoms with van der Waals surface area (Å²) in [6.07, 6.45) is 0. The van der Waals surface area contributed by atoms with Gasteiger partial charge >= 0.3 is 0 Å². The SMILES string of the molecule is CC(CO)C(C)Nc1ccc(C#N)cc1[N+](=O)[O-].